The quantitative estimate of drug-likeness (QED) is 0.509. The maximum absolute atomic E-state index is 13.1. The van der Waals surface area contributed by atoms with Gasteiger partial charge in [-0.2, -0.15) is 8.42 Å². The number of carbonyl (C=O) groups is 1. The third kappa shape index (κ3) is 3.70. The lowest BCUT2D eigenvalue weighted by atomic mass is 10.2. The van der Waals surface area contributed by atoms with E-state index < -0.39 is 51.5 Å². The van der Waals surface area contributed by atoms with Crippen molar-refractivity contribution in [2.75, 3.05) is 12.4 Å². The van der Waals surface area contributed by atoms with Crippen LogP contribution in [0.3, 0.4) is 0 Å². The SMILES string of the molecule is O=C(OCCS(=O)(=O)O)c1ccc(F)c(F)c1F. The molecule has 18 heavy (non-hydrogen) atoms. The Labute approximate surface area is 99.9 Å². The first-order valence-corrected chi connectivity index (χ1v) is 6.09. The van der Waals surface area contributed by atoms with Crippen LogP contribution < -0.4 is 0 Å². The summed E-state index contributed by atoms with van der Waals surface area (Å²) in [4.78, 5) is 11.2. The van der Waals surface area contributed by atoms with Crippen molar-refractivity contribution >= 4 is 16.1 Å². The molecule has 0 amide bonds. The summed E-state index contributed by atoms with van der Waals surface area (Å²) in [6, 6.07) is 1.18. The van der Waals surface area contributed by atoms with Gasteiger partial charge in [-0.1, -0.05) is 0 Å². The molecule has 0 heterocycles. The minimum Gasteiger partial charge on any atom is -0.461 e. The number of esters is 1. The maximum atomic E-state index is 13.1. The van der Waals surface area contributed by atoms with Gasteiger partial charge in [0.25, 0.3) is 10.1 Å². The highest BCUT2D eigenvalue weighted by atomic mass is 32.2. The molecule has 5 nitrogen and oxygen atoms in total. The van der Waals surface area contributed by atoms with Gasteiger partial charge in [-0.15, -0.1) is 0 Å². The smallest absolute Gasteiger partial charge is 0.341 e. The van der Waals surface area contributed by atoms with Crippen molar-refractivity contribution in [3.05, 3.63) is 35.1 Å². The zero-order valence-electron chi connectivity index (χ0n) is 8.69. The molecule has 0 aliphatic rings. The Hall–Kier alpha value is -1.61. The molecular formula is C9H7F3O5S. The van der Waals surface area contributed by atoms with Gasteiger partial charge in [0.15, 0.2) is 17.5 Å². The van der Waals surface area contributed by atoms with E-state index in [0.29, 0.717) is 12.1 Å². The number of hydrogen-bond donors (Lipinski definition) is 1. The van der Waals surface area contributed by atoms with Crippen LogP contribution in [0.1, 0.15) is 10.4 Å². The van der Waals surface area contributed by atoms with Crippen LogP contribution in [0.15, 0.2) is 12.1 Å². The van der Waals surface area contributed by atoms with Crippen LogP contribution in [0.4, 0.5) is 13.2 Å². The Morgan fingerprint density at radius 3 is 2.39 bits per heavy atom. The highest BCUT2D eigenvalue weighted by Crippen LogP contribution is 2.15. The Kier molecular flexibility index (Phi) is 4.30. The third-order valence-corrected chi connectivity index (χ3v) is 2.51. The molecule has 100 valence electrons. The zero-order valence-corrected chi connectivity index (χ0v) is 9.51. The molecule has 0 bridgehead atoms. The number of hydrogen-bond acceptors (Lipinski definition) is 4. The number of halogens is 3. The number of ether oxygens (including phenoxy) is 1. The standard InChI is InChI=1S/C9H7F3O5S/c10-6-2-1-5(7(11)8(6)12)9(13)17-3-4-18(14,15)16/h1-2H,3-4H2,(H,14,15,16). The van der Waals surface area contributed by atoms with E-state index in [0.717, 1.165) is 0 Å². The summed E-state index contributed by atoms with van der Waals surface area (Å²) in [5.74, 6) is -7.28. The molecule has 9 heteroatoms. The molecule has 0 spiro atoms. The predicted molar refractivity (Wildman–Crippen MR) is 53.0 cm³/mol. The Bertz CT molecular complexity index is 570. The van der Waals surface area contributed by atoms with E-state index in [1.807, 2.05) is 0 Å². The van der Waals surface area contributed by atoms with E-state index in [1.54, 1.807) is 0 Å². The molecule has 0 atom stereocenters. The zero-order chi connectivity index (χ0) is 13.9. The highest BCUT2D eigenvalue weighted by molar-refractivity contribution is 7.85. The molecular weight excluding hydrogens is 277 g/mol. The second-order valence-corrected chi connectivity index (χ2v) is 4.72. The van der Waals surface area contributed by atoms with Gasteiger partial charge in [0.05, 0.1) is 5.56 Å². The van der Waals surface area contributed by atoms with Gasteiger partial charge >= 0.3 is 5.97 Å². The fraction of sp³-hybridized carbons (Fsp3) is 0.222. The lowest BCUT2D eigenvalue weighted by Crippen LogP contribution is -2.16. The number of carbonyl (C=O) groups excluding carboxylic acids is 1. The second-order valence-electron chi connectivity index (χ2n) is 3.14. The van der Waals surface area contributed by atoms with Gasteiger partial charge in [-0.3, -0.25) is 4.55 Å². The minimum absolute atomic E-state index is 0.526. The van der Waals surface area contributed by atoms with Crippen LogP contribution in [0.2, 0.25) is 0 Å². The molecule has 0 saturated carbocycles. The molecule has 1 aromatic rings. The third-order valence-electron chi connectivity index (χ3n) is 1.83. The largest absolute Gasteiger partial charge is 0.461 e. The lowest BCUT2D eigenvalue weighted by Gasteiger charge is -2.05. The van der Waals surface area contributed by atoms with Crippen molar-refractivity contribution in [3.8, 4) is 0 Å². The molecule has 1 N–H and O–H groups in total. The van der Waals surface area contributed by atoms with Gasteiger partial charge in [-0.05, 0) is 12.1 Å². The molecule has 0 fully saturated rings. The topological polar surface area (TPSA) is 80.7 Å². The first-order valence-electron chi connectivity index (χ1n) is 4.48. The van der Waals surface area contributed by atoms with E-state index in [9.17, 15) is 26.4 Å². The van der Waals surface area contributed by atoms with E-state index in [1.165, 1.54) is 0 Å². The van der Waals surface area contributed by atoms with Gasteiger partial charge in [-0.25, -0.2) is 18.0 Å². The first kappa shape index (κ1) is 14.5. The molecule has 0 saturated heterocycles. The molecule has 0 radical (unpaired) electrons. The highest BCUT2D eigenvalue weighted by Gasteiger charge is 2.20. The molecule has 0 unspecified atom stereocenters. The van der Waals surface area contributed by atoms with Gasteiger partial charge in [0, 0.05) is 0 Å². The summed E-state index contributed by atoms with van der Waals surface area (Å²) in [5, 5.41) is 0. The van der Waals surface area contributed by atoms with E-state index in [2.05, 4.69) is 4.74 Å². The van der Waals surface area contributed by atoms with Crippen LogP contribution in [-0.4, -0.2) is 31.3 Å². The van der Waals surface area contributed by atoms with Gasteiger partial charge in [0.2, 0.25) is 0 Å². The normalized spacial score (nSPS) is 11.3. The molecule has 1 rings (SSSR count). The molecule has 0 aliphatic heterocycles. The average Bonchev–Trinajstić information content (AvgIpc) is 2.24. The Balaban J connectivity index is 2.77. The van der Waals surface area contributed by atoms with Crippen LogP contribution >= 0.6 is 0 Å². The Morgan fingerprint density at radius 1 is 1.22 bits per heavy atom. The van der Waals surface area contributed by atoms with Crippen molar-refractivity contribution < 1.29 is 35.7 Å². The second kappa shape index (κ2) is 5.36. The van der Waals surface area contributed by atoms with Crippen molar-refractivity contribution in [1.29, 1.82) is 0 Å². The monoisotopic (exact) mass is 284 g/mol. The van der Waals surface area contributed by atoms with Crippen molar-refractivity contribution in [3.63, 3.8) is 0 Å². The van der Waals surface area contributed by atoms with Crippen LogP contribution in [0.5, 0.6) is 0 Å². The van der Waals surface area contributed by atoms with Gasteiger partial charge < -0.3 is 4.74 Å². The predicted octanol–water partition coefficient (Wildman–Crippen LogP) is 1.15. The average molecular weight is 284 g/mol. The number of benzene rings is 1. The summed E-state index contributed by atoms with van der Waals surface area (Å²) < 4.78 is 71.6. The van der Waals surface area contributed by atoms with Crippen molar-refractivity contribution in [1.82, 2.24) is 0 Å². The summed E-state index contributed by atoms with van der Waals surface area (Å²) >= 11 is 0. The fourth-order valence-electron chi connectivity index (χ4n) is 1.00. The summed E-state index contributed by atoms with van der Waals surface area (Å²) in [5.41, 5.74) is -0.871. The molecule has 0 aliphatic carbocycles. The van der Waals surface area contributed by atoms with Crippen LogP contribution in [0, 0.1) is 17.5 Å². The molecule has 1 aromatic carbocycles. The van der Waals surface area contributed by atoms with Crippen LogP contribution in [-0.2, 0) is 14.9 Å². The Morgan fingerprint density at radius 2 is 1.83 bits per heavy atom. The van der Waals surface area contributed by atoms with Crippen molar-refractivity contribution in [2.24, 2.45) is 0 Å². The summed E-state index contributed by atoms with van der Waals surface area (Å²) in [6.45, 7) is -0.740. The van der Waals surface area contributed by atoms with E-state index in [-0.39, 0.29) is 0 Å². The summed E-state index contributed by atoms with van der Waals surface area (Å²) in [7, 11) is -4.33. The summed E-state index contributed by atoms with van der Waals surface area (Å²) in [6.07, 6.45) is 0. The molecule has 0 aromatic heterocycles. The van der Waals surface area contributed by atoms with Crippen molar-refractivity contribution in [2.45, 2.75) is 0 Å². The van der Waals surface area contributed by atoms with E-state index >= 15 is 0 Å². The lowest BCUT2D eigenvalue weighted by molar-refractivity contribution is 0.0521. The number of rotatable bonds is 4. The maximum Gasteiger partial charge on any atom is 0.341 e. The van der Waals surface area contributed by atoms with E-state index in [4.69, 9.17) is 4.55 Å². The first-order chi connectivity index (χ1) is 8.22. The minimum atomic E-state index is -4.33. The van der Waals surface area contributed by atoms with Gasteiger partial charge in [0.1, 0.15) is 12.4 Å². The fourth-order valence-corrected chi connectivity index (χ4v) is 1.29. The van der Waals surface area contributed by atoms with Crippen LogP contribution in [0.25, 0.3) is 0 Å².